The highest BCUT2D eigenvalue weighted by molar-refractivity contribution is 5.82. The molecule has 0 aliphatic rings. The molecule has 3 N–H and O–H groups in total. The Hall–Kier alpha value is -2.09. The predicted octanol–water partition coefficient (Wildman–Crippen LogP) is 0.833. The van der Waals surface area contributed by atoms with Crippen LogP contribution in [0.3, 0.4) is 0 Å². The van der Waals surface area contributed by atoms with E-state index in [0.29, 0.717) is 11.7 Å². The van der Waals surface area contributed by atoms with E-state index in [1.54, 1.807) is 20.0 Å². The highest BCUT2D eigenvalue weighted by Crippen LogP contribution is 2.11. The number of carboxylic acid groups (broad SMARTS) is 1. The molecule has 1 aromatic rings. The van der Waals surface area contributed by atoms with E-state index in [1.807, 2.05) is 0 Å². The van der Waals surface area contributed by atoms with E-state index < -0.39 is 24.1 Å². The van der Waals surface area contributed by atoms with Crippen LogP contribution in [0.5, 0.6) is 0 Å². The number of hydrogen-bond donors (Lipinski definition) is 3. The normalized spacial score (nSPS) is 13.6. The Bertz CT molecular complexity index is 460. The van der Waals surface area contributed by atoms with E-state index in [0.717, 1.165) is 0 Å². The number of ether oxygens (including phenoxy) is 1. The Morgan fingerprint density at radius 2 is 2.20 bits per heavy atom. The fraction of sp³-hybridized carbons (Fsp3) is 0.583. The van der Waals surface area contributed by atoms with Crippen LogP contribution in [0, 0.1) is 6.92 Å². The quantitative estimate of drug-likeness (QED) is 0.684. The second kappa shape index (κ2) is 7.49. The summed E-state index contributed by atoms with van der Waals surface area (Å²) in [5.41, 5.74) is 0. The summed E-state index contributed by atoms with van der Waals surface area (Å²) in [6.45, 7) is 3.68. The van der Waals surface area contributed by atoms with Gasteiger partial charge in [0.1, 0.15) is 17.8 Å². The molecule has 0 saturated carbocycles. The van der Waals surface area contributed by atoms with Crippen molar-refractivity contribution >= 4 is 12.0 Å². The summed E-state index contributed by atoms with van der Waals surface area (Å²) in [5, 5.41) is 13.9. The second-order valence-electron chi connectivity index (χ2n) is 4.32. The van der Waals surface area contributed by atoms with E-state index in [-0.39, 0.29) is 13.0 Å². The SMILES string of the molecule is COCCC(NC(=O)NC(C)c1ncc(C)o1)C(=O)O. The van der Waals surface area contributed by atoms with Gasteiger partial charge in [0.15, 0.2) is 0 Å². The Morgan fingerprint density at radius 3 is 2.70 bits per heavy atom. The summed E-state index contributed by atoms with van der Waals surface area (Å²) in [5.74, 6) is -0.115. The summed E-state index contributed by atoms with van der Waals surface area (Å²) < 4.78 is 10.1. The zero-order valence-corrected chi connectivity index (χ0v) is 11.7. The van der Waals surface area contributed by atoms with Crippen LogP contribution < -0.4 is 10.6 Å². The van der Waals surface area contributed by atoms with Gasteiger partial charge in [-0.1, -0.05) is 0 Å². The van der Waals surface area contributed by atoms with Gasteiger partial charge in [0, 0.05) is 20.1 Å². The molecular weight excluding hydrogens is 266 g/mol. The van der Waals surface area contributed by atoms with Gasteiger partial charge in [0.25, 0.3) is 0 Å². The summed E-state index contributed by atoms with van der Waals surface area (Å²) in [6, 6.07) is -2.06. The number of aromatic nitrogens is 1. The first kappa shape index (κ1) is 16.0. The van der Waals surface area contributed by atoms with Crippen molar-refractivity contribution in [2.24, 2.45) is 0 Å². The third kappa shape index (κ3) is 4.88. The van der Waals surface area contributed by atoms with Crippen LogP contribution >= 0.6 is 0 Å². The molecule has 0 radical (unpaired) electrons. The highest BCUT2D eigenvalue weighted by Gasteiger charge is 2.21. The number of hydrogen-bond acceptors (Lipinski definition) is 5. The standard InChI is InChI=1S/C12H19N3O5/c1-7-6-13-10(20-7)8(2)14-12(18)15-9(11(16)17)4-5-19-3/h6,8-9H,4-5H2,1-3H3,(H,16,17)(H2,14,15,18). The average molecular weight is 285 g/mol. The molecule has 0 aliphatic carbocycles. The Labute approximate surface area is 116 Å². The largest absolute Gasteiger partial charge is 0.480 e. The Balaban J connectivity index is 2.50. The van der Waals surface area contributed by atoms with E-state index in [9.17, 15) is 9.59 Å². The maximum atomic E-state index is 11.7. The molecule has 2 atom stereocenters. The third-order valence-electron chi connectivity index (χ3n) is 2.57. The maximum Gasteiger partial charge on any atom is 0.326 e. The molecule has 2 amide bonds. The zero-order valence-electron chi connectivity index (χ0n) is 11.7. The number of urea groups is 1. The topological polar surface area (TPSA) is 114 Å². The number of oxazole rings is 1. The zero-order chi connectivity index (χ0) is 15.1. The molecule has 1 rings (SSSR count). The molecule has 8 nitrogen and oxygen atoms in total. The van der Waals surface area contributed by atoms with Crippen LogP contribution in [0.1, 0.15) is 31.0 Å². The number of methoxy groups -OCH3 is 1. The van der Waals surface area contributed by atoms with Crippen molar-refractivity contribution < 1.29 is 23.8 Å². The van der Waals surface area contributed by atoms with Crippen LogP contribution in [0.15, 0.2) is 10.6 Å². The molecule has 0 saturated heterocycles. The van der Waals surface area contributed by atoms with Crippen molar-refractivity contribution in [3.8, 4) is 0 Å². The lowest BCUT2D eigenvalue weighted by Crippen LogP contribution is -2.47. The van der Waals surface area contributed by atoms with Gasteiger partial charge in [0.05, 0.1) is 6.20 Å². The van der Waals surface area contributed by atoms with Gasteiger partial charge in [0.2, 0.25) is 5.89 Å². The molecule has 1 heterocycles. The lowest BCUT2D eigenvalue weighted by molar-refractivity contribution is -0.139. The first-order chi connectivity index (χ1) is 9.43. The molecule has 20 heavy (non-hydrogen) atoms. The first-order valence-electron chi connectivity index (χ1n) is 6.15. The van der Waals surface area contributed by atoms with Gasteiger partial charge in [-0.25, -0.2) is 14.6 Å². The molecule has 0 fully saturated rings. The summed E-state index contributed by atoms with van der Waals surface area (Å²) in [7, 11) is 1.46. The molecule has 0 aromatic carbocycles. The minimum atomic E-state index is -1.11. The molecule has 0 bridgehead atoms. The fourth-order valence-electron chi connectivity index (χ4n) is 1.52. The molecule has 0 aliphatic heterocycles. The number of carbonyl (C=O) groups excluding carboxylic acids is 1. The number of carboxylic acids is 1. The van der Waals surface area contributed by atoms with Gasteiger partial charge in [-0.05, 0) is 13.8 Å². The molecule has 1 aromatic heterocycles. The summed E-state index contributed by atoms with van der Waals surface area (Å²) >= 11 is 0. The van der Waals surface area contributed by atoms with Gasteiger partial charge < -0.3 is 24.9 Å². The average Bonchev–Trinajstić information content (AvgIpc) is 2.80. The first-order valence-corrected chi connectivity index (χ1v) is 6.15. The monoisotopic (exact) mass is 285 g/mol. The number of amides is 2. The Kier molecular flexibility index (Phi) is 5.98. The number of nitrogens with one attached hydrogen (secondary N) is 2. The number of aliphatic carboxylic acids is 1. The van der Waals surface area contributed by atoms with Crippen molar-refractivity contribution in [3.05, 3.63) is 17.8 Å². The van der Waals surface area contributed by atoms with Crippen LogP contribution in [-0.2, 0) is 9.53 Å². The lowest BCUT2D eigenvalue weighted by atomic mass is 10.2. The highest BCUT2D eigenvalue weighted by atomic mass is 16.5. The van der Waals surface area contributed by atoms with Gasteiger partial charge in [-0.2, -0.15) is 0 Å². The van der Waals surface area contributed by atoms with Gasteiger partial charge in [-0.15, -0.1) is 0 Å². The molecule has 8 heteroatoms. The van der Waals surface area contributed by atoms with Crippen molar-refractivity contribution in [1.82, 2.24) is 15.6 Å². The smallest absolute Gasteiger partial charge is 0.326 e. The minimum Gasteiger partial charge on any atom is -0.480 e. The van der Waals surface area contributed by atoms with Crippen LogP contribution in [0.25, 0.3) is 0 Å². The number of rotatable bonds is 7. The fourth-order valence-corrected chi connectivity index (χ4v) is 1.52. The van der Waals surface area contributed by atoms with Crippen LogP contribution in [-0.4, -0.2) is 41.8 Å². The number of carbonyl (C=O) groups is 2. The molecule has 2 unspecified atom stereocenters. The van der Waals surface area contributed by atoms with E-state index in [1.165, 1.54) is 7.11 Å². The third-order valence-corrected chi connectivity index (χ3v) is 2.57. The lowest BCUT2D eigenvalue weighted by Gasteiger charge is -2.16. The van der Waals surface area contributed by atoms with Crippen molar-refractivity contribution in [1.29, 1.82) is 0 Å². The maximum absolute atomic E-state index is 11.7. The molecular formula is C12H19N3O5. The minimum absolute atomic E-state index is 0.186. The van der Waals surface area contributed by atoms with Crippen molar-refractivity contribution in [3.63, 3.8) is 0 Å². The van der Waals surface area contributed by atoms with E-state index in [4.69, 9.17) is 14.3 Å². The summed E-state index contributed by atoms with van der Waals surface area (Å²) in [4.78, 5) is 26.7. The van der Waals surface area contributed by atoms with E-state index in [2.05, 4.69) is 15.6 Å². The second-order valence-corrected chi connectivity index (χ2v) is 4.32. The molecule has 0 spiro atoms. The predicted molar refractivity (Wildman–Crippen MR) is 69.2 cm³/mol. The van der Waals surface area contributed by atoms with Crippen LogP contribution in [0.2, 0.25) is 0 Å². The van der Waals surface area contributed by atoms with Gasteiger partial charge in [-0.3, -0.25) is 0 Å². The Morgan fingerprint density at radius 1 is 1.50 bits per heavy atom. The number of nitrogens with zero attached hydrogens (tertiary/aromatic N) is 1. The van der Waals surface area contributed by atoms with Crippen molar-refractivity contribution in [2.75, 3.05) is 13.7 Å². The van der Waals surface area contributed by atoms with E-state index >= 15 is 0 Å². The van der Waals surface area contributed by atoms with Gasteiger partial charge >= 0.3 is 12.0 Å². The van der Waals surface area contributed by atoms with Crippen molar-refractivity contribution in [2.45, 2.75) is 32.4 Å². The molecule has 112 valence electrons. The van der Waals surface area contributed by atoms with Crippen LogP contribution in [0.4, 0.5) is 4.79 Å². The summed E-state index contributed by atoms with van der Waals surface area (Å²) in [6.07, 6.45) is 1.73. The number of aryl methyl sites for hydroxylation is 1.